The standard InChI is InChI=1S/C12H22N2O2/c13-12(2-1-3-12)8-10(16)14-9-11(4-5-11)6-7-15/h15H,1-9,13H2,(H,14,16). The fourth-order valence-corrected chi connectivity index (χ4v) is 2.41. The maximum Gasteiger partial charge on any atom is 0.221 e. The zero-order chi connectivity index (χ0) is 11.6. The molecule has 2 aliphatic carbocycles. The molecule has 4 nitrogen and oxygen atoms in total. The molecule has 0 aromatic rings. The van der Waals surface area contributed by atoms with Gasteiger partial charge < -0.3 is 16.2 Å². The largest absolute Gasteiger partial charge is 0.396 e. The molecule has 0 atom stereocenters. The topological polar surface area (TPSA) is 75.4 Å². The van der Waals surface area contributed by atoms with Gasteiger partial charge in [0.1, 0.15) is 0 Å². The minimum Gasteiger partial charge on any atom is -0.396 e. The summed E-state index contributed by atoms with van der Waals surface area (Å²) in [7, 11) is 0. The summed E-state index contributed by atoms with van der Waals surface area (Å²) < 4.78 is 0. The molecular weight excluding hydrogens is 204 g/mol. The summed E-state index contributed by atoms with van der Waals surface area (Å²) in [5, 5.41) is 11.9. The third-order valence-corrected chi connectivity index (χ3v) is 4.12. The first-order chi connectivity index (χ1) is 7.58. The lowest BCUT2D eigenvalue weighted by atomic mass is 9.75. The summed E-state index contributed by atoms with van der Waals surface area (Å²) in [5.74, 6) is 0.0754. The van der Waals surface area contributed by atoms with Crippen LogP contribution in [0.1, 0.15) is 44.9 Å². The van der Waals surface area contributed by atoms with Crippen LogP contribution in [0.2, 0.25) is 0 Å². The van der Waals surface area contributed by atoms with Crippen LogP contribution in [0.5, 0.6) is 0 Å². The summed E-state index contributed by atoms with van der Waals surface area (Å²) in [5.41, 5.74) is 5.99. The van der Waals surface area contributed by atoms with Crippen molar-refractivity contribution in [3.05, 3.63) is 0 Å². The first-order valence-electron chi connectivity index (χ1n) is 6.24. The van der Waals surface area contributed by atoms with E-state index in [1.54, 1.807) is 0 Å². The van der Waals surface area contributed by atoms with Gasteiger partial charge in [0.15, 0.2) is 0 Å². The van der Waals surface area contributed by atoms with Gasteiger partial charge >= 0.3 is 0 Å². The van der Waals surface area contributed by atoms with Crippen LogP contribution in [0.4, 0.5) is 0 Å². The first kappa shape index (κ1) is 11.9. The van der Waals surface area contributed by atoms with Crippen LogP contribution in [-0.4, -0.2) is 29.7 Å². The normalized spacial score (nSPS) is 24.6. The van der Waals surface area contributed by atoms with Crippen LogP contribution in [0.25, 0.3) is 0 Å². The number of nitrogens with one attached hydrogen (secondary N) is 1. The Hall–Kier alpha value is -0.610. The predicted molar refractivity (Wildman–Crippen MR) is 61.8 cm³/mol. The van der Waals surface area contributed by atoms with Crippen molar-refractivity contribution in [2.24, 2.45) is 11.1 Å². The van der Waals surface area contributed by atoms with E-state index in [2.05, 4.69) is 5.32 Å². The fourth-order valence-electron chi connectivity index (χ4n) is 2.41. The Bertz CT molecular complexity index is 270. The van der Waals surface area contributed by atoms with E-state index in [9.17, 15) is 4.79 Å². The van der Waals surface area contributed by atoms with Gasteiger partial charge in [0.25, 0.3) is 0 Å². The molecule has 2 saturated carbocycles. The lowest BCUT2D eigenvalue weighted by Gasteiger charge is -2.37. The number of nitrogens with two attached hydrogens (primary N) is 1. The first-order valence-corrected chi connectivity index (χ1v) is 6.24. The van der Waals surface area contributed by atoms with Crippen LogP contribution in [0.3, 0.4) is 0 Å². The lowest BCUT2D eigenvalue weighted by molar-refractivity contribution is -0.123. The average molecular weight is 226 g/mol. The smallest absolute Gasteiger partial charge is 0.221 e. The van der Waals surface area contributed by atoms with Crippen molar-refractivity contribution in [1.29, 1.82) is 0 Å². The quantitative estimate of drug-likeness (QED) is 0.618. The second-order valence-electron chi connectivity index (χ2n) is 5.64. The Balaban J connectivity index is 1.68. The van der Waals surface area contributed by atoms with E-state index in [4.69, 9.17) is 10.8 Å². The van der Waals surface area contributed by atoms with Gasteiger partial charge in [-0.25, -0.2) is 0 Å². The van der Waals surface area contributed by atoms with Crippen LogP contribution in [0.15, 0.2) is 0 Å². The molecule has 1 amide bonds. The second-order valence-corrected chi connectivity index (χ2v) is 5.64. The van der Waals surface area contributed by atoms with Crippen molar-refractivity contribution >= 4 is 5.91 Å². The van der Waals surface area contributed by atoms with Crippen molar-refractivity contribution in [2.75, 3.05) is 13.2 Å². The van der Waals surface area contributed by atoms with E-state index in [0.29, 0.717) is 13.0 Å². The minimum absolute atomic E-state index is 0.0754. The molecule has 2 rings (SSSR count). The van der Waals surface area contributed by atoms with Gasteiger partial charge in [0.05, 0.1) is 0 Å². The zero-order valence-corrected chi connectivity index (χ0v) is 9.80. The second kappa shape index (κ2) is 4.34. The van der Waals surface area contributed by atoms with Crippen molar-refractivity contribution in [2.45, 2.75) is 50.5 Å². The molecule has 0 unspecified atom stereocenters. The summed E-state index contributed by atoms with van der Waals surface area (Å²) in [6, 6.07) is 0. The van der Waals surface area contributed by atoms with E-state index in [1.807, 2.05) is 0 Å². The summed E-state index contributed by atoms with van der Waals surface area (Å²) in [6.45, 7) is 0.930. The highest BCUT2D eigenvalue weighted by molar-refractivity contribution is 5.77. The van der Waals surface area contributed by atoms with Crippen LogP contribution in [0, 0.1) is 5.41 Å². The van der Waals surface area contributed by atoms with Crippen LogP contribution >= 0.6 is 0 Å². The average Bonchev–Trinajstić information content (AvgIpc) is 2.94. The number of rotatable bonds is 6. The lowest BCUT2D eigenvalue weighted by Crippen LogP contribution is -2.50. The van der Waals surface area contributed by atoms with Gasteiger partial charge in [0, 0.05) is 25.1 Å². The summed E-state index contributed by atoms with van der Waals surface area (Å²) in [6.07, 6.45) is 6.62. The number of carbonyl (C=O) groups is 1. The van der Waals surface area contributed by atoms with Gasteiger partial charge in [-0.05, 0) is 43.9 Å². The van der Waals surface area contributed by atoms with Gasteiger partial charge in [-0.1, -0.05) is 0 Å². The molecule has 2 fully saturated rings. The van der Waals surface area contributed by atoms with Crippen LogP contribution < -0.4 is 11.1 Å². The maximum absolute atomic E-state index is 11.7. The number of amides is 1. The molecule has 0 spiro atoms. The number of hydrogen-bond donors (Lipinski definition) is 3. The number of hydrogen-bond acceptors (Lipinski definition) is 3. The van der Waals surface area contributed by atoms with Gasteiger partial charge in [-0.2, -0.15) is 0 Å². The van der Waals surface area contributed by atoms with E-state index in [0.717, 1.165) is 38.5 Å². The molecule has 92 valence electrons. The van der Waals surface area contributed by atoms with Crippen molar-refractivity contribution in [1.82, 2.24) is 5.32 Å². The monoisotopic (exact) mass is 226 g/mol. The molecule has 4 N–H and O–H groups in total. The van der Waals surface area contributed by atoms with E-state index < -0.39 is 0 Å². The summed E-state index contributed by atoms with van der Waals surface area (Å²) >= 11 is 0. The van der Waals surface area contributed by atoms with Gasteiger partial charge in [-0.3, -0.25) is 4.79 Å². The van der Waals surface area contributed by atoms with E-state index in [1.165, 1.54) is 0 Å². The molecule has 0 radical (unpaired) electrons. The third-order valence-electron chi connectivity index (χ3n) is 4.12. The maximum atomic E-state index is 11.7. The molecule has 4 heteroatoms. The van der Waals surface area contributed by atoms with E-state index in [-0.39, 0.29) is 23.5 Å². The zero-order valence-electron chi connectivity index (χ0n) is 9.80. The number of carbonyl (C=O) groups excluding carboxylic acids is 1. The van der Waals surface area contributed by atoms with Crippen molar-refractivity contribution in [3.63, 3.8) is 0 Å². The van der Waals surface area contributed by atoms with Gasteiger partial charge in [-0.15, -0.1) is 0 Å². The Labute approximate surface area is 96.6 Å². The van der Waals surface area contributed by atoms with Crippen LogP contribution in [-0.2, 0) is 4.79 Å². The fraction of sp³-hybridized carbons (Fsp3) is 0.917. The highest BCUT2D eigenvalue weighted by Crippen LogP contribution is 2.47. The van der Waals surface area contributed by atoms with Gasteiger partial charge in [0.2, 0.25) is 5.91 Å². The Morgan fingerprint density at radius 1 is 1.31 bits per heavy atom. The summed E-state index contributed by atoms with van der Waals surface area (Å²) in [4.78, 5) is 11.7. The Kier molecular flexibility index (Phi) is 3.22. The highest BCUT2D eigenvalue weighted by Gasteiger charge is 2.42. The molecule has 0 aromatic heterocycles. The molecule has 0 heterocycles. The number of aliphatic hydroxyl groups is 1. The minimum atomic E-state index is -0.224. The molecule has 0 aromatic carbocycles. The molecule has 16 heavy (non-hydrogen) atoms. The molecule has 0 aliphatic heterocycles. The third kappa shape index (κ3) is 2.74. The van der Waals surface area contributed by atoms with E-state index >= 15 is 0 Å². The molecular formula is C12H22N2O2. The van der Waals surface area contributed by atoms with Crippen molar-refractivity contribution < 1.29 is 9.90 Å². The molecule has 0 saturated heterocycles. The number of aliphatic hydroxyl groups excluding tert-OH is 1. The Morgan fingerprint density at radius 2 is 2.00 bits per heavy atom. The Morgan fingerprint density at radius 3 is 2.44 bits per heavy atom. The van der Waals surface area contributed by atoms with Crippen molar-refractivity contribution in [3.8, 4) is 0 Å². The predicted octanol–water partition coefficient (Wildman–Crippen LogP) is 0.537. The molecule has 2 aliphatic rings. The molecule has 0 bridgehead atoms. The highest BCUT2D eigenvalue weighted by atomic mass is 16.3. The SMILES string of the molecule is NC1(CC(=O)NCC2(CCO)CC2)CCC1.